The van der Waals surface area contributed by atoms with Gasteiger partial charge in [-0.25, -0.2) is 8.42 Å². The lowest BCUT2D eigenvalue weighted by molar-refractivity contribution is -0.140. The Morgan fingerprint density at radius 1 is 0.972 bits per heavy atom. The Hall–Kier alpha value is -2.00. The molecule has 2 rings (SSSR count). The van der Waals surface area contributed by atoms with E-state index in [0.717, 1.165) is 6.26 Å². The summed E-state index contributed by atoms with van der Waals surface area (Å²) in [5, 5.41) is 4.12. The normalized spacial score (nSPS) is 12.3. The Balaban J connectivity index is 2.21. The molecule has 0 aliphatic heterocycles. The van der Waals surface area contributed by atoms with Crippen LogP contribution in [0.2, 0.25) is 15.1 Å². The van der Waals surface area contributed by atoms with Crippen molar-refractivity contribution in [1.82, 2.24) is 10.2 Å². The molecule has 0 saturated heterocycles. The zero-order valence-electron chi connectivity index (χ0n) is 20.8. The molecule has 0 heterocycles. The number of benzene rings is 2. The van der Waals surface area contributed by atoms with Gasteiger partial charge in [0.1, 0.15) is 6.04 Å². The molecular weight excluding hydrogens is 545 g/mol. The van der Waals surface area contributed by atoms with Crippen LogP contribution in [0.15, 0.2) is 42.5 Å². The van der Waals surface area contributed by atoms with E-state index in [4.69, 9.17) is 34.8 Å². The van der Waals surface area contributed by atoms with E-state index in [1.165, 1.54) is 9.21 Å². The lowest BCUT2D eigenvalue weighted by atomic mass is 10.1. The van der Waals surface area contributed by atoms with Gasteiger partial charge in [-0.05, 0) is 55.7 Å². The second kappa shape index (κ2) is 13.5. The van der Waals surface area contributed by atoms with E-state index < -0.39 is 16.1 Å². The molecule has 0 aliphatic carbocycles. The summed E-state index contributed by atoms with van der Waals surface area (Å²) in [6.07, 6.45) is 1.36. The van der Waals surface area contributed by atoms with Crippen LogP contribution < -0.4 is 9.62 Å². The molecule has 1 N–H and O–H groups in total. The second-order valence-electron chi connectivity index (χ2n) is 8.95. The van der Waals surface area contributed by atoms with Gasteiger partial charge in [-0.1, -0.05) is 54.7 Å². The third-order valence-electron chi connectivity index (χ3n) is 5.51. The molecule has 0 saturated carbocycles. The minimum absolute atomic E-state index is 0.0173. The number of nitrogens with one attached hydrogen (secondary N) is 1. The second-order valence-corrected chi connectivity index (χ2v) is 12.1. The van der Waals surface area contributed by atoms with Crippen LogP contribution in [0.5, 0.6) is 0 Å². The molecule has 11 heteroatoms. The van der Waals surface area contributed by atoms with Crippen LogP contribution in [-0.2, 0) is 26.2 Å². The summed E-state index contributed by atoms with van der Waals surface area (Å²) >= 11 is 18.6. The number of carbonyl (C=O) groups is 2. The number of rotatable bonds is 12. The van der Waals surface area contributed by atoms with Crippen LogP contribution >= 0.6 is 34.8 Å². The van der Waals surface area contributed by atoms with Gasteiger partial charge in [-0.2, -0.15) is 0 Å². The van der Waals surface area contributed by atoms with E-state index >= 15 is 0 Å². The maximum absolute atomic E-state index is 13.3. The highest BCUT2D eigenvalue weighted by Gasteiger charge is 2.28. The van der Waals surface area contributed by atoms with E-state index in [9.17, 15) is 18.0 Å². The molecule has 2 aromatic rings. The van der Waals surface area contributed by atoms with Crippen molar-refractivity contribution in [3.05, 3.63) is 63.1 Å². The first kappa shape index (κ1) is 30.2. The Kier molecular flexibility index (Phi) is 11.3. The van der Waals surface area contributed by atoms with Gasteiger partial charge in [0.2, 0.25) is 21.8 Å². The number of sulfonamides is 1. The molecule has 0 bridgehead atoms. The number of anilines is 1. The zero-order valence-corrected chi connectivity index (χ0v) is 23.9. The van der Waals surface area contributed by atoms with Crippen molar-refractivity contribution in [3.8, 4) is 0 Å². The molecule has 0 spiro atoms. The van der Waals surface area contributed by atoms with Crippen molar-refractivity contribution < 1.29 is 18.0 Å². The van der Waals surface area contributed by atoms with Crippen molar-refractivity contribution in [2.75, 3.05) is 23.7 Å². The fourth-order valence-electron chi connectivity index (χ4n) is 3.50. The topological polar surface area (TPSA) is 86.8 Å². The van der Waals surface area contributed by atoms with Gasteiger partial charge in [-0.3, -0.25) is 13.9 Å². The Morgan fingerprint density at radius 3 is 2.08 bits per heavy atom. The first-order valence-electron chi connectivity index (χ1n) is 11.5. The molecule has 0 fully saturated rings. The maximum atomic E-state index is 13.3. The van der Waals surface area contributed by atoms with Crippen molar-refractivity contribution in [2.45, 2.75) is 46.2 Å². The van der Waals surface area contributed by atoms with Gasteiger partial charge >= 0.3 is 0 Å². The predicted octanol–water partition coefficient (Wildman–Crippen LogP) is 5.38. The molecule has 198 valence electrons. The maximum Gasteiger partial charge on any atom is 0.242 e. The van der Waals surface area contributed by atoms with Crippen LogP contribution in [0.1, 0.15) is 39.2 Å². The van der Waals surface area contributed by atoms with Gasteiger partial charge in [-0.15, -0.1) is 0 Å². The molecule has 0 aromatic heterocycles. The van der Waals surface area contributed by atoms with Gasteiger partial charge in [0.05, 0.1) is 11.9 Å². The van der Waals surface area contributed by atoms with Crippen molar-refractivity contribution >= 4 is 62.3 Å². The molecule has 7 nitrogen and oxygen atoms in total. The van der Waals surface area contributed by atoms with Gasteiger partial charge in [0.25, 0.3) is 0 Å². The lowest BCUT2D eigenvalue weighted by Gasteiger charge is -2.30. The molecule has 2 amide bonds. The molecule has 0 radical (unpaired) electrons. The summed E-state index contributed by atoms with van der Waals surface area (Å²) in [5.41, 5.74) is 0.993. The monoisotopic (exact) mass is 575 g/mol. The van der Waals surface area contributed by atoms with Crippen LogP contribution in [0.3, 0.4) is 0 Å². The smallest absolute Gasteiger partial charge is 0.242 e. The standard InChI is InChI=1S/C25H32Cl3N3O4S/c1-17(2)15-29-25(33)18(3)30(16-21-22(27)7-5-8-23(21)28)24(32)9-6-14-31(36(4,34)35)20-12-10-19(26)11-13-20/h5,7-8,10-13,17-18H,6,9,14-16H2,1-4H3,(H,29,33)/t18-/m0/s1. The summed E-state index contributed by atoms with van der Waals surface area (Å²) in [4.78, 5) is 27.6. The van der Waals surface area contributed by atoms with Crippen LogP contribution in [-0.4, -0.2) is 50.5 Å². The Bertz CT molecular complexity index is 1140. The van der Waals surface area contributed by atoms with Crippen LogP contribution in [0, 0.1) is 5.92 Å². The first-order valence-corrected chi connectivity index (χ1v) is 14.5. The highest BCUT2D eigenvalue weighted by Crippen LogP contribution is 2.27. The van der Waals surface area contributed by atoms with E-state index in [2.05, 4.69) is 5.32 Å². The summed E-state index contributed by atoms with van der Waals surface area (Å²) in [5.74, 6) is -0.361. The molecule has 0 aliphatic rings. The fraction of sp³-hybridized carbons (Fsp3) is 0.440. The van der Waals surface area contributed by atoms with E-state index in [0.29, 0.717) is 32.9 Å². The fourth-order valence-corrected chi connectivity index (χ4v) is 5.11. The first-order chi connectivity index (χ1) is 16.8. The Labute approximate surface area is 228 Å². The summed E-state index contributed by atoms with van der Waals surface area (Å²) in [7, 11) is -3.59. The summed E-state index contributed by atoms with van der Waals surface area (Å²) < 4.78 is 26.0. The highest BCUT2D eigenvalue weighted by molar-refractivity contribution is 7.92. The van der Waals surface area contributed by atoms with Crippen LogP contribution in [0.25, 0.3) is 0 Å². The number of halogens is 3. The molecule has 0 unspecified atom stereocenters. The molecule has 2 aromatic carbocycles. The predicted molar refractivity (Wildman–Crippen MR) is 147 cm³/mol. The average Bonchev–Trinajstić information content (AvgIpc) is 2.79. The quantitative estimate of drug-likeness (QED) is 0.367. The van der Waals surface area contributed by atoms with Gasteiger partial charge in [0, 0.05) is 46.7 Å². The van der Waals surface area contributed by atoms with Crippen molar-refractivity contribution in [1.29, 1.82) is 0 Å². The highest BCUT2D eigenvalue weighted by atomic mass is 35.5. The van der Waals surface area contributed by atoms with Crippen molar-refractivity contribution in [2.24, 2.45) is 5.92 Å². The summed E-state index contributed by atoms with van der Waals surface area (Å²) in [6, 6.07) is 10.7. The third-order valence-corrected chi connectivity index (χ3v) is 7.66. The minimum Gasteiger partial charge on any atom is -0.354 e. The van der Waals surface area contributed by atoms with E-state index in [-0.39, 0.29) is 43.7 Å². The van der Waals surface area contributed by atoms with E-state index in [1.807, 2.05) is 13.8 Å². The summed E-state index contributed by atoms with van der Waals surface area (Å²) in [6.45, 7) is 6.20. The van der Waals surface area contributed by atoms with E-state index in [1.54, 1.807) is 49.4 Å². The third kappa shape index (κ3) is 8.83. The zero-order chi connectivity index (χ0) is 27.0. The minimum atomic E-state index is -3.59. The average molecular weight is 577 g/mol. The van der Waals surface area contributed by atoms with Crippen LogP contribution in [0.4, 0.5) is 5.69 Å². The number of hydrogen-bond donors (Lipinski definition) is 1. The number of amides is 2. The molecule has 1 atom stereocenters. The molecular formula is C25H32Cl3N3O4S. The lowest BCUT2D eigenvalue weighted by Crippen LogP contribution is -2.48. The number of nitrogens with zero attached hydrogens (tertiary/aromatic N) is 2. The molecule has 36 heavy (non-hydrogen) atoms. The number of carbonyl (C=O) groups excluding carboxylic acids is 2. The Morgan fingerprint density at radius 2 is 1.56 bits per heavy atom. The SMILES string of the molecule is CC(C)CNC(=O)[C@H](C)N(Cc1c(Cl)cccc1Cl)C(=O)CCCN(c1ccc(Cl)cc1)S(C)(=O)=O. The van der Waals surface area contributed by atoms with Gasteiger partial charge < -0.3 is 10.2 Å². The number of hydrogen-bond acceptors (Lipinski definition) is 4. The largest absolute Gasteiger partial charge is 0.354 e. The van der Waals surface area contributed by atoms with Gasteiger partial charge in [0.15, 0.2) is 0 Å². The van der Waals surface area contributed by atoms with Crippen molar-refractivity contribution in [3.63, 3.8) is 0 Å².